The molecule has 6 nitrogen and oxygen atoms in total. The molecule has 0 atom stereocenters. The van der Waals surface area contributed by atoms with Gasteiger partial charge in [0.1, 0.15) is 5.75 Å². The third kappa shape index (κ3) is 5.07. The number of rotatable bonds is 6. The average molecular weight is 431 g/mol. The number of hydrogen-bond acceptors (Lipinski definition) is 4. The highest BCUT2D eigenvalue weighted by Gasteiger charge is 2.16. The first-order valence-corrected chi connectivity index (χ1v) is 10.5. The van der Waals surface area contributed by atoms with Crippen molar-refractivity contribution in [3.63, 3.8) is 0 Å². The number of halogens is 1. The summed E-state index contributed by atoms with van der Waals surface area (Å²) in [5, 5.41) is 3.17. The maximum atomic E-state index is 12.6. The van der Waals surface area contributed by atoms with Crippen molar-refractivity contribution in [2.24, 2.45) is 0 Å². The molecule has 0 fully saturated rings. The second-order valence-electron chi connectivity index (χ2n) is 6.30. The third-order valence-electron chi connectivity index (χ3n) is 4.12. The van der Waals surface area contributed by atoms with Gasteiger partial charge in [-0.2, -0.15) is 0 Å². The minimum atomic E-state index is -3.77. The van der Waals surface area contributed by atoms with Gasteiger partial charge in [-0.1, -0.05) is 35.4 Å². The summed E-state index contributed by atoms with van der Waals surface area (Å²) in [7, 11) is -2.28. The van der Waals surface area contributed by atoms with Gasteiger partial charge in [0.15, 0.2) is 0 Å². The molecule has 8 heteroatoms. The summed E-state index contributed by atoms with van der Waals surface area (Å²) >= 11 is 5.99. The third-order valence-corrected chi connectivity index (χ3v) is 5.75. The number of methoxy groups -OCH3 is 1. The smallest absolute Gasteiger partial charge is 0.261 e. The monoisotopic (exact) mass is 430 g/mol. The second kappa shape index (κ2) is 8.55. The maximum Gasteiger partial charge on any atom is 0.261 e. The van der Waals surface area contributed by atoms with Crippen LogP contribution in [0.5, 0.6) is 5.75 Å². The lowest BCUT2D eigenvalue weighted by atomic mass is 10.2. The molecule has 0 aliphatic heterocycles. The topological polar surface area (TPSA) is 84.5 Å². The van der Waals surface area contributed by atoms with Crippen molar-refractivity contribution in [2.45, 2.75) is 11.8 Å². The van der Waals surface area contributed by atoms with E-state index in [2.05, 4.69) is 10.0 Å². The Hall–Kier alpha value is -3.03. The molecule has 1 amide bonds. The molecule has 29 heavy (non-hydrogen) atoms. The van der Waals surface area contributed by atoms with E-state index < -0.39 is 15.9 Å². The molecule has 3 aromatic rings. The van der Waals surface area contributed by atoms with Gasteiger partial charge < -0.3 is 10.1 Å². The molecule has 0 aliphatic rings. The molecular weight excluding hydrogens is 412 g/mol. The summed E-state index contributed by atoms with van der Waals surface area (Å²) in [6.45, 7) is 1.88. The van der Waals surface area contributed by atoms with Gasteiger partial charge in [-0.3, -0.25) is 9.52 Å². The van der Waals surface area contributed by atoms with E-state index in [-0.39, 0.29) is 16.1 Å². The molecule has 0 unspecified atom stereocenters. The van der Waals surface area contributed by atoms with Crippen LogP contribution in [0, 0.1) is 6.92 Å². The highest BCUT2D eigenvalue weighted by Crippen LogP contribution is 2.28. The zero-order valence-corrected chi connectivity index (χ0v) is 17.3. The lowest BCUT2D eigenvalue weighted by Gasteiger charge is -2.12. The first-order valence-electron chi connectivity index (χ1n) is 8.63. The molecule has 0 saturated heterocycles. The molecule has 0 aromatic heterocycles. The SMILES string of the molecule is COc1ccc(Cl)cc1NC(=O)c1cccc(NS(=O)(=O)c2ccc(C)cc2)c1. The van der Waals surface area contributed by atoms with Crippen LogP contribution in [0.15, 0.2) is 71.6 Å². The van der Waals surface area contributed by atoms with E-state index in [4.69, 9.17) is 16.3 Å². The molecule has 0 aliphatic carbocycles. The number of sulfonamides is 1. The van der Waals surface area contributed by atoms with Crippen molar-refractivity contribution in [3.05, 3.63) is 82.9 Å². The number of aryl methyl sites for hydroxylation is 1. The van der Waals surface area contributed by atoms with E-state index in [9.17, 15) is 13.2 Å². The number of amides is 1. The van der Waals surface area contributed by atoms with Crippen LogP contribution in [0.3, 0.4) is 0 Å². The molecule has 0 spiro atoms. The Morgan fingerprint density at radius 3 is 2.41 bits per heavy atom. The number of benzene rings is 3. The fraction of sp³-hybridized carbons (Fsp3) is 0.0952. The fourth-order valence-electron chi connectivity index (χ4n) is 2.63. The van der Waals surface area contributed by atoms with Crippen LogP contribution in [0.4, 0.5) is 11.4 Å². The van der Waals surface area contributed by atoms with Gasteiger partial charge in [-0.15, -0.1) is 0 Å². The summed E-state index contributed by atoms with van der Waals surface area (Å²) in [6.07, 6.45) is 0. The van der Waals surface area contributed by atoms with E-state index in [1.165, 1.54) is 25.3 Å². The molecule has 2 N–H and O–H groups in total. The molecule has 0 radical (unpaired) electrons. The summed E-state index contributed by atoms with van der Waals surface area (Å²) in [6, 6.07) is 17.6. The van der Waals surface area contributed by atoms with E-state index in [1.54, 1.807) is 48.5 Å². The fourth-order valence-corrected chi connectivity index (χ4v) is 3.85. The van der Waals surface area contributed by atoms with Crippen LogP contribution in [0.2, 0.25) is 5.02 Å². The zero-order chi connectivity index (χ0) is 21.0. The summed E-state index contributed by atoms with van der Waals surface area (Å²) in [5.41, 5.74) is 1.92. The largest absolute Gasteiger partial charge is 0.495 e. The lowest BCUT2D eigenvalue weighted by molar-refractivity contribution is 0.102. The van der Waals surface area contributed by atoms with E-state index in [0.717, 1.165) is 5.56 Å². The van der Waals surface area contributed by atoms with Crippen LogP contribution < -0.4 is 14.8 Å². The number of carbonyl (C=O) groups is 1. The molecule has 0 bridgehead atoms. The van der Waals surface area contributed by atoms with Crippen molar-refractivity contribution in [3.8, 4) is 5.75 Å². The van der Waals surface area contributed by atoms with Gasteiger partial charge in [0.2, 0.25) is 0 Å². The van der Waals surface area contributed by atoms with Gasteiger partial charge in [0, 0.05) is 16.3 Å². The van der Waals surface area contributed by atoms with Gasteiger partial charge in [0.25, 0.3) is 15.9 Å². The van der Waals surface area contributed by atoms with E-state index in [1.807, 2.05) is 6.92 Å². The number of anilines is 2. The van der Waals surface area contributed by atoms with Crippen molar-refractivity contribution < 1.29 is 17.9 Å². The Morgan fingerprint density at radius 2 is 1.72 bits per heavy atom. The molecule has 150 valence electrons. The zero-order valence-electron chi connectivity index (χ0n) is 15.8. The summed E-state index contributed by atoms with van der Waals surface area (Å²) in [4.78, 5) is 12.8. The quantitative estimate of drug-likeness (QED) is 0.593. The van der Waals surface area contributed by atoms with E-state index >= 15 is 0 Å². The Bertz CT molecular complexity index is 1150. The number of nitrogens with one attached hydrogen (secondary N) is 2. The highest BCUT2D eigenvalue weighted by molar-refractivity contribution is 7.92. The highest BCUT2D eigenvalue weighted by atomic mass is 35.5. The summed E-state index contributed by atoms with van der Waals surface area (Å²) < 4.78 is 32.8. The number of carbonyl (C=O) groups excluding carboxylic acids is 1. The maximum absolute atomic E-state index is 12.6. The minimum Gasteiger partial charge on any atom is -0.495 e. The van der Waals surface area contributed by atoms with Gasteiger partial charge in [-0.25, -0.2) is 8.42 Å². The number of ether oxygens (including phenoxy) is 1. The average Bonchev–Trinajstić information content (AvgIpc) is 2.68. The summed E-state index contributed by atoms with van der Waals surface area (Å²) in [5.74, 6) is 0.0286. The van der Waals surface area contributed by atoms with Crippen molar-refractivity contribution >= 4 is 38.9 Å². The normalized spacial score (nSPS) is 11.0. The van der Waals surface area contributed by atoms with Crippen LogP contribution in [-0.2, 0) is 10.0 Å². The van der Waals surface area contributed by atoms with Crippen LogP contribution in [0.1, 0.15) is 15.9 Å². The Kier molecular flexibility index (Phi) is 6.10. The van der Waals surface area contributed by atoms with Crippen molar-refractivity contribution in [2.75, 3.05) is 17.1 Å². The van der Waals surface area contributed by atoms with E-state index in [0.29, 0.717) is 16.5 Å². The standard InChI is InChI=1S/C21H19ClN2O4S/c1-14-6-9-18(10-7-14)29(26,27)24-17-5-3-4-15(12-17)21(25)23-19-13-16(22)8-11-20(19)28-2/h3-13,24H,1-2H3,(H,23,25). The molecule has 0 saturated carbocycles. The van der Waals surface area contributed by atoms with Crippen LogP contribution in [0.25, 0.3) is 0 Å². The molecule has 3 rings (SSSR count). The second-order valence-corrected chi connectivity index (χ2v) is 8.42. The van der Waals surface area contributed by atoms with Gasteiger partial charge >= 0.3 is 0 Å². The van der Waals surface area contributed by atoms with Crippen LogP contribution >= 0.6 is 11.6 Å². The Balaban J connectivity index is 1.81. The first kappa shape index (κ1) is 20.7. The predicted octanol–water partition coefficient (Wildman–Crippen LogP) is 4.71. The van der Waals surface area contributed by atoms with Crippen LogP contribution in [-0.4, -0.2) is 21.4 Å². The molecular formula is C21H19ClN2O4S. The number of hydrogen-bond donors (Lipinski definition) is 2. The lowest BCUT2D eigenvalue weighted by Crippen LogP contribution is -2.15. The van der Waals surface area contributed by atoms with Crippen molar-refractivity contribution in [1.82, 2.24) is 0 Å². The Labute approximate surface area is 174 Å². The Morgan fingerprint density at radius 1 is 1.00 bits per heavy atom. The predicted molar refractivity (Wildman–Crippen MR) is 114 cm³/mol. The molecule has 0 heterocycles. The van der Waals surface area contributed by atoms with Crippen molar-refractivity contribution in [1.29, 1.82) is 0 Å². The first-order chi connectivity index (χ1) is 13.8. The van der Waals surface area contributed by atoms with Gasteiger partial charge in [-0.05, 0) is 55.5 Å². The minimum absolute atomic E-state index is 0.140. The molecule has 3 aromatic carbocycles. The van der Waals surface area contributed by atoms with Gasteiger partial charge in [0.05, 0.1) is 17.7 Å².